The molecule has 0 saturated carbocycles. The fourth-order valence-corrected chi connectivity index (χ4v) is 2.54. The van der Waals surface area contributed by atoms with Gasteiger partial charge in [-0.25, -0.2) is 0 Å². The van der Waals surface area contributed by atoms with Gasteiger partial charge in [-0.3, -0.25) is 14.5 Å². The Morgan fingerprint density at radius 1 is 1.10 bits per heavy atom. The molecule has 0 bridgehead atoms. The van der Waals surface area contributed by atoms with Gasteiger partial charge in [-0.15, -0.1) is 0 Å². The van der Waals surface area contributed by atoms with E-state index < -0.39 is 0 Å². The van der Waals surface area contributed by atoms with E-state index in [2.05, 4.69) is 22.2 Å². The van der Waals surface area contributed by atoms with E-state index in [9.17, 15) is 9.59 Å². The molecule has 0 radical (unpaired) electrons. The van der Waals surface area contributed by atoms with Gasteiger partial charge in [0, 0.05) is 44.4 Å². The topological polar surface area (TPSA) is 52.7 Å². The van der Waals surface area contributed by atoms with Gasteiger partial charge in [-0.1, -0.05) is 0 Å². The number of benzene rings is 1. The number of likely N-dealkylation sites (N-methyl/N-ethyl adjacent to an activating group) is 1. The Labute approximate surface area is 125 Å². The van der Waals surface area contributed by atoms with E-state index in [1.165, 1.54) is 6.92 Å². The number of nitrogens with zero attached hydrogens (tertiary/aromatic N) is 2. The van der Waals surface area contributed by atoms with Crippen molar-refractivity contribution in [2.45, 2.75) is 19.9 Å². The maximum Gasteiger partial charge on any atom is 0.221 e. The molecule has 1 fully saturated rings. The number of carbonyl (C=O) groups is 2. The van der Waals surface area contributed by atoms with Crippen molar-refractivity contribution in [1.29, 1.82) is 0 Å². The Hall–Kier alpha value is -1.72. The van der Waals surface area contributed by atoms with Crippen LogP contribution in [-0.2, 0) is 4.79 Å². The molecule has 1 atom stereocenters. The first-order valence-electron chi connectivity index (χ1n) is 7.32. The Balaban J connectivity index is 2.00. The van der Waals surface area contributed by atoms with Crippen molar-refractivity contribution in [3.63, 3.8) is 0 Å². The number of amides is 1. The summed E-state index contributed by atoms with van der Waals surface area (Å²) in [5, 5.41) is 2.70. The maximum atomic E-state index is 12.5. The number of ketones is 1. The lowest BCUT2D eigenvalue weighted by atomic mass is 10.0. The number of Topliss-reactive ketones (excluding diaryl/α,β-unsaturated/α-hetero) is 1. The molecule has 1 saturated heterocycles. The monoisotopic (exact) mass is 289 g/mol. The first-order valence-corrected chi connectivity index (χ1v) is 7.32. The molecule has 1 heterocycles. The minimum Gasteiger partial charge on any atom is -0.326 e. The number of piperazine rings is 1. The molecule has 114 valence electrons. The second kappa shape index (κ2) is 6.83. The van der Waals surface area contributed by atoms with Crippen LogP contribution in [0.3, 0.4) is 0 Å². The zero-order valence-corrected chi connectivity index (χ0v) is 12.9. The largest absolute Gasteiger partial charge is 0.326 e. The van der Waals surface area contributed by atoms with E-state index in [-0.39, 0.29) is 17.7 Å². The molecule has 1 aromatic carbocycles. The van der Waals surface area contributed by atoms with E-state index >= 15 is 0 Å². The average Bonchev–Trinajstić information content (AvgIpc) is 2.47. The van der Waals surface area contributed by atoms with Crippen molar-refractivity contribution in [2.75, 3.05) is 38.5 Å². The fraction of sp³-hybridized carbons (Fsp3) is 0.500. The highest BCUT2D eigenvalue weighted by Gasteiger charge is 2.25. The van der Waals surface area contributed by atoms with Crippen molar-refractivity contribution in [2.24, 2.45) is 0 Å². The minimum atomic E-state index is -0.111. The van der Waals surface area contributed by atoms with Crippen LogP contribution < -0.4 is 5.32 Å². The van der Waals surface area contributed by atoms with Crippen LogP contribution in [0.1, 0.15) is 24.2 Å². The zero-order chi connectivity index (χ0) is 15.4. The smallest absolute Gasteiger partial charge is 0.221 e. The van der Waals surface area contributed by atoms with Gasteiger partial charge < -0.3 is 10.2 Å². The first kappa shape index (κ1) is 15.7. The van der Waals surface area contributed by atoms with Crippen molar-refractivity contribution in [3.8, 4) is 0 Å². The summed E-state index contributed by atoms with van der Waals surface area (Å²) < 4.78 is 0. The quantitative estimate of drug-likeness (QED) is 0.853. The molecule has 21 heavy (non-hydrogen) atoms. The van der Waals surface area contributed by atoms with Gasteiger partial charge in [0.15, 0.2) is 5.78 Å². The Bertz CT molecular complexity index is 505. The minimum absolute atomic E-state index is 0.106. The van der Waals surface area contributed by atoms with Crippen LogP contribution in [0.4, 0.5) is 5.69 Å². The highest BCUT2D eigenvalue weighted by atomic mass is 16.1. The van der Waals surface area contributed by atoms with Crippen LogP contribution in [0.15, 0.2) is 24.3 Å². The molecular formula is C16H23N3O2. The van der Waals surface area contributed by atoms with Crippen LogP contribution in [-0.4, -0.2) is 60.8 Å². The lowest BCUT2D eigenvalue weighted by Crippen LogP contribution is -2.50. The molecule has 1 amide bonds. The second-order valence-corrected chi connectivity index (χ2v) is 5.64. The molecule has 1 aliphatic heterocycles. The van der Waals surface area contributed by atoms with Crippen LogP contribution in [0.25, 0.3) is 0 Å². The number of rotatable bonds is 4. The highest BCUT2D eigenvalue weighted by Crippen LogP contribution is 2.14. The average molecular weight is 289 g/mol. The molecule has 0 unspecified atom stereocenters. The van der Waals surface area contributed by atoms with Crippen molar-refractivity contribution >= 4 is 17.4 Å². The molecule has 0 aromatic heterocycles. The number of hydrogen-bond acceptors (Lipinski definition) is 4. The number of hydrogen-bond donors (Lipinski definition) is 1. The van der Waals surface area contributed by atoms with Gasteiger partial charge >= 0.3 is 0 Å². The fourth-order valence-electron chi connectivity index (χ4n) is 2.54. The van der Waals surface area contributed by atoms with Gasteiger partial charge in [-0.2, -0.15) is 0 Å². The zero-order valence-electron chi connectivity index (χ0n) is 12.9. The van der Waals surface area contributed by atoms with Gasteiger partial charge in [0.25, 0.3) is 0 Å². The summed E-state index contributed by atoms with van der Waals surface area (Å²) in [6, 6.07) is 6.99. The van der Waals surface area contributed by atoms with E-state index in [0.717, 1.165) is 26.2 Å². The summed E-state index contributed by atoms with van der Waals surface area (Å²) in [4.78, 5) is 28.0. The predicted octanol–water partition coefficient (Wildman–Crippen LogP) is 1.46. The third kappa shape index (κ3) is 4.12. The molecule has 5 nitrogen and oxygen atoms in total. The highest BCUT2D eigenvalue weighted by molar-refractivity contribution is 6.00. The Morgan fingerprint density at radius 3 is 2.19 bits per heavy atom. The standard InChI is InChI=1S/C16H23N3O2/c1-12(19-10-8-18(3)9-11-19)16(21)14-4-6-15(7-5-14)17-13(2)20/h4-7,12H,8-11H2,1-3H3,(H,17,20)/t12-/m1/s1. The number of carbonyl (C=O) groups excluding carboxylic acids is 2. The van der Waals surface area contributed by atoms with Crippen LogP contribution in [0.5, 0.6) is 0 Å². The molecule has 0 spiro atoms. The molecule has 5 heteroatoms. The number of anilines is 1. The van der Waals surface area contributed by atoms with Crippen LogP contribution in [0.2, 0.25) is 0 Å². The summed E-state index contributed by atoms with van der Waals surface area (Å²) in [6.07, 6.45) is 0. The molecule has 1 aromatic rings. The maximum absolute atomic E-state index is 12.5. The van der Waals surface area contributed by atoms with Crippen molar-refractivity contribution in [3.05, 3.63) is 29.8 Å². The van der Waals surface area contributed by atoms with Crippen LogP contribution in [0, 0.1) is 0 Å². The Morgan fingerprint density at radius 2 is 1.67 bits per heavy atom. The molecular weight excluding hydrogens is 266 g/mol. The van der Waals surface area contributed by atoms with E-state index in [4.69, 9.17) is 0 Å². The van der Waals surface area contributed by atoms with Gasteiger partial charge in [0.1, 0.15) is 0 Å². The number of nitrogens with one attached hydrogen (secondary N) is 1. The van der Waals surface area contributed by atoms with Crippen molar-refractivity contribution < 1.29 is 9.59 Å². The van der Waals surface area contributed by atoms with E-state index in [1.807, 2.05) is 6.92 Å². The summed E-state index contributed by atoms with van der Waals surface area (Å²) >= 11 is 0. The summed E-state index contributed by atoms with van der Waals surface area (Å²) in [7, 11) is 2.10. The lowest BCUT2D eigenvalue weighted by molar-refractivity contribution is -0.114. The van der Waals surface area contributed by atoms with E-state index in [1.54, 1.807) is 24.3 Å². The van der Waals surface area contributed by atoms with Crippen LogP contribution >= 0.6 is 0 Å². The second-order valence-electron chi connectivity index (χ2n) is 5.64. The molecule has 0 aliphatic carbocycles. The normalized spacial score (nSPS) is 18.2. The molecule has 1 N–H and O–H groups in total. The van der Waals surface area contributed by atoms with Gasteiger partial charge in [-0.05, 0) is 38.2 Å². The SMILES string of the molecule is CC(=O)Nc1ccc(C(=O)[C@@H](C)N2CCN(C)CC2)cc1. The van der Waals surface area contributed by atoms with Gasteiger partial charge in [0.05, 0.1) is 6.04 Å². The predicted molar refractivity (Wildman–Crippen MR) is 83.6 cm³/mol. The molecule has 2 rings (SSSR count). The first-order chi connectivity index (χ1) is 9.97. The third-order valence-electron chi connectivity index (χ3n) is 3.95. The summed E-state index contributed by atoms with van der Waals surface area (Å²) in [5.41, 5.74) is 1.40. The van der Waals surface area contributed by atoms with Crippen molar-refractivity contribution in [1.82, 2.24) is 9.80 Å². The summed E-state index contributed by atoms with van der Waals surface area (Å²) in [5.74, 6) is 0.0220. The van der Waals surface area contributed by atoms with E-state index in [0.29, 0.717) is 11.3 Å². The Kier molecular flexibility index (Phi) is 5.09. The third-order valence-corrected chi connectivity index (χ3v) is 3.95. The summed E-state index contributed by atoms with van der Waals surface area (Å²) in [6.45, 7) is 7.28. The lowest BCUT2D eigenvalue weighted by Gasteiger charge is -2.35. The molecule has 1 aliphatic rings. The van der Waals surface area contributed by atoms with Gasteiger partial charge in [0.2, 0.25) is 5.91 Å².